The summed E-state index contributed by atoms with van der Waals surface area (Å²) >= 11 is 0. The SMILES string of the molecule is Cc1cc(S(=O)(=O)NCCCO)ccc1F. The van der Waals surface area contributed by atoms with Gasteiger partial charge in [-0.05, 0) is 37.1 Å². The molecule has 90 valence electrons. The third-order valence-corrected chi connectivity index (χ3v) is 3.53. The lowest BCUT2D eigenvalue weighted by Gasteiger charge is -2.06. The molecule has 0 radical (unpaired) electrons. The Hall–Kier alpha value is -0.980. The molecule has 0 aromatic heterocycles. The number of hydrogen-bond acceptors (Lipinski definition) is 3. The van der Waals surface area contributed by atoms with Crippen LogP contribution in [0.15, 0.2) is 23.1 Å². The topological polar surface area (TPSA) is 66.4 Å². The van der Waals surface area contributed by atoms with Crippen molar-refractivity contribution in [2.24, 2.45) is 0 Å². The Balaban J connectivity index is 2.86. The molecule has 0 saturated carbocycles. The third-order valence-electron chi connectivity index (χ3n) is 2.07. The first kappa shape index (κ1) is 13.1. The van der Waals surface area contributed by atoms with Gasteiger partial charge < -0.3 is 5.11 Å². The quantitative estimate of drug-likeness (QED) is 0.756. The van der Waals surface area contributed by atoms with Crippen LogP contribution < -0.4 is 4.72 Å². The molecule has 0 aliphatic carbocycles. The summed E-state index contributed by atoms with van der Waals surface area (Å²) in [7, 11) is -3.60. The van der Waals surface area contributed by atoms with Crippen molar-refractivity contribution in [2.45, 2.75) is 18.2 Å². The Morgan fingerprint density at radius 2 is 2.12 bits per heavy atom. The molecule has 2 N–H and O–H groups in total. The second-order valence-electron chi connectivity index (χ2n) is 3.39. The Morgan fingerprint density at radius 3 is 2.69 bits per heavy atom. The molecule has 0 aliphatic rings. The van der Waals surface area contributed by atoms with Crippen molar-refractivity contribution in [3.63, 3.8) is 0 Å². The molecule has 1 rings (SSSR count). The molecule has 0 bridgehead atoms. The van der Waals surface area contributed by atoms with Gasteiger partial charge in [-0.15, -0.1) is 0 Å². The van der Waals surface area contributed by atoms with E-state index >= 15 is 0 Å². The summed E-state index contributed by atoms with van der Waals surface area (Å²) < 4.78 is 38.6. The lowest BCUT2D eigenvalue weighted by molar-refractivity contribution is 0.289. The summed E-state index contributed by atoms with van der Waals surface area (Å²) in [6.45, 7) is 1.59. The molecule has 0 atom stereocenters. The molecule has 4 nitrogen and oxygen atoms in total. The van der Waals surface area contributed by atoms with Gasteiger partial charge in [0.2, 0.25) is 10.0 Å². The van der Waals surface area contributed by atoms with Crippen LogP contribution >= 0.6 is 0 Å². The van der Waals surface area contributed by atoms with Gasteiger partial charge in [0.15, 0.2) is 0 Å². The number of aliphatic hydroxyl groups is 1. The van der Waals surface area contributed by atoms with E-state index in [0.717, 1.165) is 6.07 Å². The Bertz CT molecular complexity index is 459. The van der Waals surface area contributed by atoms with E-state index in [1.165, 1.54) is 19.1 Å². The minimum atomic E-state index is -3.60. The largest absolute Gasteiger partial charge is 0.396 e. The maximum atomic E-state index is 12.9. The first-order valence-corrected chi connectivity index (χ1v) is 6.32. The molecule has 0 spiro atoms. The average Bonchev–Trinajstić information content (AvgIpc) is 2.22. The minimum Gasteiger partial charge on any atom is -0.396 e. The monoisotopic (exact) mass is 247 g/mol. The van der Waals surface area contributed by atoms with Crippen molar-refractivity contribution in [1.29, 1.82) is 0 Å². The number of benzene rings is 1. The fourth-order valence-electron chi connectivity index (χ4n) is 1.15. The fourth-order valence-corrected chi connectivity index (χ4v) is 2.31. The highest BCUT2D eigenvalue weighted by atomic mass is 32.2. The summed E-state index contributed by atoms with van der Waals surface area (Å²) in [6.07, 6.45) is 0.347. The normalized spacial score (nSPS) is 11.7. The van der Waals surface area contributed by atoms with E-state index in [4.69, 9.17) is 5.11 Å². The third kappa shape index (κ3) is 3.26. The van der Waals surface area contributed by atoms with E-state index < -0.39 is 15.8 Å². The van der Waals surface area contributed by atoms with Gasteiger partial charge in [0.1, 0.15) is 5.82 Å². The minimum absolute atomic E-state index is 0.0318. The molecule has 0 saturated heterocycles. The van der Waals surface area contributed by atoms with Gasteiger partial charge in [-0.1, -0.05) is 0 Å². The lowest BCUT2D eigenvalue weighted by Crippen LogP contribution is -2.25. The van der Waals surface area contributed by atoms with Crippen molar-refractivity contribution < 1.29 is 17.9 Å². The highest BCUT2D eigenvalue weighted by Gasteiger charge is 2.14. The van der Waals surface area contributed by atoms with Crippen molar-refractivity contribution in [2.75, 3.05) is 13.2 Å². The van der Waals surface area contributed by atoms with Crippen LogP contribution in [0.2, 0.25) is 0 Å². The number of halogens is 1. The second-order valence-corrected chi connectivity index (χ2v) is 5.15. The zero-order valence-electron chi connectivity index (χ0n) is 8.90. The number of rotatable bonds is 5. The molecule has 0 heterocycles. The molecule has 0 amide bonds. The van der Waals surface area contributed by atoms with Gasteiger partial charge in [0, 0.05) is 13.2 Å². The number of aliphatic hydroxyl groups excluding tert-OH is 1. The van der Waals surface area contributed by atoms with Crippen LogP contribution in [0.5, 0.6) is 0 Å². The number of nitrogens with one attached hydrogen (secondary N) is 1. The smallest absolute Gasteiger partial charge is 0.240 e. The first-order valence-electron chi connectivity index (χ1n) is 4.84. The van der Waals surface area contributed by atoms with Gasteiger partial charge in [-0.2, -0.15) is 0 Å². The van der Waals surface area contributed by atoms with E-state index in [9.17, 15) is 12.8 Å². The van der Waals surface area contributed by atoms with E-state index in [0.29, 0.717) is 6.42 Å². The van der Waals surface area contributed by atoms with Gasteiger partial charge in [0.25, 0.3) is 0 Å². The zero-order valence-corrected chi connectivity index (χ0v) is 9.72. The molecule has 6 heteroatoms. The molecule has 0 unspecified atom stereocenters. The van der Waals surface area contributed by atoms with Crippen LogP contribution in [0.1, 0.15) is 12.0 Å². The van der Waals surface area contributed by atoms with Crippen molar-refractivity contribution in [3.05, 3.63) is 29.6 Å². The second kappa shape index (κ2) is 5.38. The van der Waals surface area contributed by atoms with Crippen LogP contribution in [0.4, 0.5) is 4.39 Å². The molecule has 0 aliphatic heterocycles. The van der Waals surface area contributed by atoms with Gasteiger partial charge in [-0.3, -0.25) is 0 Å². The molecular formula is C10H14FNO3S. The zero-order chi connectivity index (χ0) is 12.2. The Morgan fingerprint density at radius 1 is 1.44 bits per heavy atom. The molecule has 1 aromatic carbocycles. The maximum Gasteiger partial charge on any atom is 0.240 e. The standard InChI is InChI=1S/C10H14FNO3S/c1-8-7-9(3-4-10(8)11)16(14,15)12-5-2-6-13/h3-4,7,12-13H,2,5-6H2,1H3. The number of sulfonamides is 1. The number of aryl methyl sites for hydroxylation is 1. The van der Waals surface area contributed by atoms with Gasteiger partial charge >= 0.3 is 0 Å². The highest BCUT2D eigenvalue weighted by molar-refractivity contribution is 7.89. The van der Waals surface area contributed by atoms with Crippen LogP contribution in [0.3, 0.4) is 0 Å². The molecule has 0 fully saturated rings. The van der Waals surface area contributed by atoms with Crippen molar-refractivity contribution in [1.82, 2.24) is 4.72 Å². The van der Waals surface area contributed by atoms with Crippen LogP contribution in [-0.4, -0.2) is 26.7 Å². The number of hydrogen-bond donors (Lipinski definition) is 2. The van der Waals surface area contributed by atoms with E-state index in [2.05, 4.69) is 4.72 Å². The molecular weight excluding hydrogens is 233 g/mol. The van der Waals surface area contributed by atoms with Crippen molar-refractivity contribution in [3.8, 4) is 0 Å². The van der Waals surface area contributed by atoms with Gasteiger partial charge in [0.05, 0.1) is 4.90 Å². The summed E-state index contributed by atoms with van der Waals surface area (Å²) in [5.74, 6) is -0.436. The summed E-state index contributed by atoms with van der Waals surface area (Å²) in [6, 6.07) is 3.61. The van der Waals surface area contributed by atoms with Crippen molar-refractivity contribution >= 4 is 10.0 Å². The highest BCUT2D eigenvalue weighted by Crippen LogP contribution is 2.13. The average molecular weight is 247 g/mol. The Labute approximate surface area is 94.2 Å². The lowest BCUT2D eigenvalue weighted by atomic mass is 10.2. The fraction of sp³-hybridized carbons (Fsp3) is 0.400. The summed E-state index contributed by atoms with van der Waals surface area (Å²) in [4.78, 5) is 0.0318. The van der Waals surface area contributed by atoms with Gasteiger partial charge in [-0.25, -0.2) is 17.5 Å². The predicted octanol–water partition coefficient (Wildman–Crippen LogP) is 0.795. The van der Waals surface area contributed by atoms with E-state index in [1.54, 1.807) is 0 Å². The molecule has 16 heavy (non-hydrogen) atoms. The van der Waals surface area contributed by atoms with Crippen LogP contribution in [0.25, 0.3) is 0 Å². The Kier molecular flexibility index (Phi) is 4.40. The maximum absolute atomic E-state index is 12.9. The van der Waals surface area contributed by atoms with E-state index in [1.807, 2.05) is 0 Å². The summed E-state index contributed by atoms with van der Waals surface area (Å²) in [5.41, 5.74) is 0.282. The molecule has 1 aromatic rings. The predicted molar refractivity (Wildman–Crippen MR) is 58.0 cm³/mol. The van der Waals surface area contributed by atoms with Crippen LogP contribution in [0, 0.1) is 12.7 Å². The summed E-state index contributed by atoms with van der Waals surface area (Å²) in [5, 5.41) is 8.53. The first-order chi connectivity index (χ1) is 7.47. The van der Waals surface area contributed by atoms with E-state index in [-0.39, 0.29) is 23.6 Å². The van der Waals surface area contributed by atoms with Crippen LogP contribution in [-0.2, 0) is 10.0 Å².